The van der Waals surface area contributed by atoms with Gasteiger partial charge in [0.15, 0.2) is 20.2 Å². The normalized spacial score (nSPS) is 25.4. The van der Waals surface area contributed by atoms with Crippen LogP contribution in [0.15, 0.2) is 36.9 Å². The zero-order valence-electron chi connectivity index (χ0n) is 26.5. The molecule has 4 heterocycles. The maximum atomic E-state index is 7.25. The highest BCUT2D eigenvalue weighted by Crippen LogP contribution is 2.56. The van der Waals surface area contributed by atoms with Gasteiger partial charge in [0.25, 0.3) is 0 Å². The Morgan fingerprint density at radius 3 is 2.29 bits per heavy atom. The number of hydrogen-bond donors (Lipinski definition) is 1. The highest BCUT2D eigenvalue weighted by molar-refractivity contribution is 6.74. The van der Waals surface area contributed by atoms with Gasteiger partial charge in [0.1, 0.15) is 35.8 Å². The predicted octanol–water partition coefficient (Wildman–Crippen LogP) is 6.82. The number of aromatic nitrogens is 4. The van der Waals surface area contributed by atoms with E-state index in [-0.39, 0.29) is 33.4 Å². The highest BCUT2D eigenvalue weighted by atomic mass is 28.4. The van der Waals surface area contributed by atoms with Crippen LogP contribution < -0.4 is 5.73 Å². The third kappa shape index (κ3) is 5.08. The van der Waals surface area contributed by atoms with Crippen LogP contribution in [0.1, 0.15) is 68.5 Å². The fraction of sp³-hybridized carbons (Fsp3) is 0.633. The first-order valence-electron chi connectivity index (χ1n) is 14.5. The van der Waals surface area contributed by atoms with Crippen LogP contribution >= 0.6 is 0 Å². The standard InChI is InChI=1S/C30H47N5O4Si2/c1-28(2,3)40(10,11)38-25-24-21(16-36-41(39-24,29(4,5)6)30(7,8)9)37-27(25)35-18-34-23-22(32-17-33-26(23)35)19-13-12-14-20(31)15-19/h12-15,17-18,21,24-25,27H,16,31H2,1-11H3/t21-,24-,25+,27-/m1/s1. The number of imidazole rings is 1. The second-order valence-electron chi connectivity index (χ2n) is 15.1. The fourth-order valence-electron chi connectivity index (χ4n) is 6.12. The minimum atomic E-state index is -2.77. The van der Waals surface area contributed by atoms with Gasteiger partial charge in [-0.2, -0.15) is 0 Å². The van der Waals surface area contributed by atoms with Crippen molar-refractivity contribution >= 4 is 33.7 Å². The van der Waals surface area contributed by atoms with Crippen LogP contribution in [0, 0.1) is 0 Å². The topological polar surface area (TPSA) is 107 Å². The summed E-state index contributed by atoms with van der Waals surface area (Å²) in [6, 6.07) is 7.66. The van der Waals surface area contributed by atoms with Crippen LogP contribution in [0.5, 0.6) is 0 Å². The number of benzene rings is 1. The fourth-order valence-corrected chi connectivity index (χ4v) is 12.4. The molecule has 0 aliphatic carbocycles. The van der Waals surface area contributed by atoms with E-state index in [1.165, 1.54) is 0 Å². The quantitative estimate of drug-likeness (QED) is 0.258. The molecule has 0 amide bonds. The zero-order chi connectivity index (χ0) is 30.2. The molecule has 41 heavy (non-hydrogen) atoms. The minimum absolute atomic E-state index is 0.00294. The molecule has 11 heteroatoms. The number of nitrogens with two attached hydrogens (primary N) is 1. The summed E-state index contributed by atoms with van der Waals surface area (Å²) in [5.74, 6) is 0. The third-order valence-corrected chi connectivity index (χ3v) is 18.6. The second kappa shape index (κ2) is 9.95. The van der Waals surface area contributed by atoms with Gasteiger partial charge in [-0.1, -0.05) is 74.4 Å². The van der Waals surface area contributed by atoms with Crippen molar-refractivity contribution in [1.82, 2.24) is 19.5 Å². The number of nitrogens with zero attached hydrogens (tertiary/aromatic N) is 4. The second-order valence-corrected chi connectivity index (χ2v) is 24.6. The van der Waals surface area contributed by atoms with E-state index in [0.717, 1.165) is 11.3 Å². The van der Waals surface area contributed by atoms with Crippen LogP contribution in [0.3, 0.4) is 0 Å². The van der Waals surface area contributed by atoms with Gasteiger partial charge < -0.3 is 23.7 Å². The zero-order valence-corrected chi connectivity index (χ0v) is 28.5. The average molecular weight is 598 g/mol. The van der Waals surface area contributed by atoms with Crippen molar-refractivity contribution in [1.29, 1.82) is 0 Å². The molecule has 224 valence electrons. The van der Waals surface area contributed by atoms with Gasteiger partial charge in [0, 0.05) is 21.3 Å². The Kier molecular flexibility index (Phi) is 7.36. The molecule has 2 N–H and O–H groups in total. The lowest BCUT2D eigenvalue weighted by Crippen LogP contribution is -2.66. The predicted molar refractivity (Wildman–Crippen MR) is 167 cm³/mol. The number of ether oxygens (including phenoxy) is 1. The van der Waals surface area contributed by atoms with E-state index in [2.05, 4.69) is 85.4 Å². The van der Waals surface area contributed by atoms with Crippen molar-refractivity contribution in [3.05, 3.63) is 36.9 Å². The van der Waals surface area contributed by atoms with Gasteiger partial charge in [-0.05, 0) is 30.3 Å². The molecule has 1 aromatic carbocycles. The van der Waals surface area contributed by atoms with Gasteiger partial charge in [0.05, 0.1) is 12.9 Å². The summed E-state index contributed by atoms with van der Waals surface area (Å²) in [6.45, 7) is 25.2. The maximum Gasteiger partial charge on any atom is 0.349 e. The maximum absolute atomic E-state index is 7.25. The monoisotopic (exact) mass is 597 g/mol. The Labute approximate surface area is 246 Å². The average Bonchev–Trinajstić information content (AvgIpc) is 3.42. The molecule has 2 saturated heterocycles. The summed E-state index contributed by atoms with van der Waals surface area (Å²) in [5, 5.41) is -0.308. The molecular weight excluding hydrogens is 551 g/mol. The van der Waals surface area contributed by atoms with Crippen LogP contribution in [-0.2, 0) is 18.0 Å². The number of anilines is 1. The van der Waals surface area contributed by atoms with Crippen LogP contribution in [0.2, 0.25) is 28.2 Å². The molecule has 9 nitrogen and oxygen atoms in total. The lowest BCUT2D eigenvalue weighted by atomic mass is 10.1. The molecule has 0 spiro atoms. The molecule has 2 aromatic heterocycles. The molecule has 0 unspecified atom stereocenters. The molecule has 2 aliphatic heterocycles. The van der Waals surface area contributed by atoms with E-state index >= 15 is 0 Å². The third-order valence-electron chi connectivity index (χ3n) is 9.04. The van der Waals surface area contributed by atoms with Crippen molar-refractivity contribution in [2.45, 2.75) is 115 Å². The van der Waals surface area contributed by atoms with Gasteiger partial charge >= 0.3 is 8.56 Å². The first kappa shape index (κ1) is 30.3. The molecule has 0 saturated carbocycles. The Bertz CT molecular complexity index is 1410. The Morgan fingerprint density at radius 2 is 1.68 bits per heavy atom. The SMILES string of the molecule is CC(C)(C)[Si](C)(C)O[C@H]1[C@@H]2O[Si](C(C)(C)C)(C(C)(C)C)OC[C@H]2O[C@H]1n1cnc2c(-c3cccc(N)c3)ncnc21. The van der Waals surface area contributed by atoms with Crippen molar-refractivity contribution in [2.75, 3.05) is 12.3 Å². The van der Waals surface area contributed by atoms with Crippen molar-refractivity contribution in [3.8, 4) is 11.3 Å². The number of fused-ring (bicyclic) bond motifs is 2. The molecule has 3 aromatic rings. The smallest absolute Gasteiger partial charge is 0.349 e. The van der Waals surface area contributed by atoms with E-state index in [1.807, 2.05) is 28.8 Å². The van der Waals surface area contributed by atoms with Gasteiger partial charge in [-0.3, -0.25) is 4.57 Å². The lowest BCUT2D eigenvalue weighted by molar-refractivity contribution is -0.0795. The van der Waals surface area contributed by atoms with Crippen molar-refractivity contribution in [3.63, 3.8) is 0 Å². The Hall–Kier alpha value is -2.16. The summed E-state index contributed by atoms with van der Waals surface area (Å²) in [6.07, 6.45) is 1.97. The van der Waals surface area contributed by atoms with E-state index in [0.29, 0.717) is 23.5 Å². The summed E-state index contributed by atoms with van der Waals surface area (Å²) < 4.78 is 30.0. The van der Waals surface area contributed by atoms with Crippen LogP contribution in [0.25, 0.3) is 22.4 Å². The largest absolute Gasteiger partial charge is 0.407 e. The molecule has 2 aliphatic rings. The lowest BCUT2D eigenvalue weighted by Gasteiger charge is -2.54. The molecule has 0 bridgehead atoms. The highest BCUT2D eigenvalue weighted by Gasteiger charge is 2.66. The first-order chi connectivity index (χ1) is 18.9. The summed E-state index contributed by atoms with van der Waals surface area (Å²) in [7, 11) is -5.01. The Morgan fingerprint density at radius 1 is 1.00 bits per heavy atom. The number of nitrogen functional groups attached to an aromatic ring is 1. The Balaban J connectivity index is 1.61. The molecular formula is C30H47N5O4Si2. The van der Waals surface area contributed by atoms with Gasteiger partial charge in [-0.25, -0.2) is 15.0 Å². The van der Waals surface area contributed by atoms with E-state index in [4.69, 9.17) is 28.7 Å². The van der Waals surface area contributed by atoms with Gasteiger partial charge in [-0.15, -0.1) is 0 Å². The van der Waals surface area contributed by atoms with Crippen LogP contribution in [0.4, 0.5) is 5.69 Å². The van der Waals surface area contributed by atoms with E-state index in [9.17, 15) is 0 Å². The molecule has 2 fully saturated rings. The molecule has 5 rings (SSSR count). The minimum Gasteiger partial charge on any atom is -0.407 e. The van der Waals surface area contributed by atoms with Crippen molar-refractivity contribution < 1.29 is 18.0 Å². The van der Waals surface area contributed by atoms with Crippen LogP contribution in [-0.4, -0.2) is 61.3 Å². The summed E-state index contributed by atoms with van der Waals surface area (Å²) in [5.41, 5.74) is 9.74. The number of hydrogen-bond acceptors (Lipinski definition) is 8. The van der Waals surface area contributed by atoms with E-state index < -0.39 is 23.1 Å². The van der Waals surface area contributed by atoms with E-state index in [1.54, 1.807) is 12.7 Å². The van der Waals surface area contributed by atoms with Gasteiger partial charge in [0.2, 0.25) is 0 Å². The molecule has 0 radical (unpaired) electrons. The first-order valence-corrected chi connectivity index (χ1v) is 19.3. The number of rotatable bonds is 4. The summed E-state index contributed by atoms with van der Waals surface area (Å²) in [4.78, 5) is 14.0. The molecule has 4 atom stereocenters. The summed E-state index contributed by atoms with van der Waals surface area (Å²) >= 11 is 0. The van der Waals surface area contributed by atoms with Crippen molar-refractivity contribution in [2.24, 2.45) is 0 Å².